The molecule has 2 saturated carbocycles. The predicted octanol–water partition coefficient (Wildman–Crippen LogP) is 6.31. The second-order valence-corrected chi connectivity index (χ2v) is 8.22. The lowest BCUT2D eigenvalue weighted by Crippen LogP contribution is -2.26. The number of nitriles is 2. The van der Waals surface area contributed by atoms with Gasteiger partial charge in [0.1, 0.15) is 12.1 Å². The van der Waals surface area contributed by atoms with E-state index in [-0.39, 0.29) is 0 Å². The maximum atomic E-state index is 9.30. The van der Waals surface area contributed by atoms with Crippen LogP contribution in [0.1, 0.15) is 93.7 Å². The quantitative estimate of drug-likeness (QED) is 0.647. The first kappa shape index (κ1) is 18.0. The SMILES string of the molecule is CCCC1CCC(C2CCCC(c3ccc(C#N)c(C#N)c3)C2)CC1. The average Bonchev–Trinajstić information content (AvgIpc) is 2.68. The van der Waals surface area contributed by atoms with E-state index in [0.717, 1.165) is 17.8 Å². The molecule has 0 N–H and O–H groups in total. The van der Waals surface area contributed by atoms with E-state index in [4.69, 9.17) is 5.26 Å². The van der Waals surface area contributed by atoms with Gasteiger partial charge in [0.15, 0.2) is 0 Å². The van der Waals surface area contributed by atoms with Gasteiger partial charge < -0.3 is 0 Å². The first-order valence-electron chi connectivity index (χ1n) is 10.2. The van der Waals surface area contributed by atoms with Crippen LogP contribution in [0.15, 0.2) is 18.2 Å². The standard InChI is InChI=1S/C23H30N2/c1-2-4-17-7-9-18(10-8-17)19-5-3-6-20(13-19)21-11-12-22(15-24)23(14-21)16-25/h11-12,14,17-20H,2-10,13H2,1H3. The van der Waals surface area contributed by atoms with Gasteiger partial charge in [0.05, 0.1) is 11.1 Å². The maximum absolute atomic E-state index is 9.30. The van der Waals surface area contributed by atoms with Gasteiger partial charge in [0, 0.05) is 0 Å². The van der Waals surface area contributed by atoms with E-state index in [0.29, 0.717) is 17.0 Å². The molecule has 132 valence electrons. The molecular weight excluding hydrogens is 304 g/mol. The van der Waals surface area contributed by atoms with Crippen molar-refractivity contribution >= 4 is 0 Å². The molecular formula is C23H30N2. The fourth-order valence-electron chi connectivity index (χ4n) is 5.32. The fourth-order valence-corrected chi connectivity index (χ4v) is 5.32. The summed E-state index contributed by atoms with van der Waals surface area (Å²) in [5.74, 6) is 3.34. The summed E-state index contributed by atoms with van der Waals surface area (Å²) >= 11 is 0. The number of nitrogens with zero attached hydrogens (tertiary/aromatic N) is 2. The molecule has 25 heavy (non-hydrogen) atoms. The van der Waals surface area contributed by atoms with Crippen LogP contribution in [0.3, 0.4) is 0 Å². The van der Waals surface area contributed by atoms with Crippen LogP contribution in [0.5, 0.6) is 0 Å². The van der Waals surface area contributed by atoms with Crippen molar-refractivity contribution in [2.75, 3.05) is 0 Å². The molecule has 2 atom stereocenters. The Morgan fingerprint density at radius 3 is 2.36 bits per heavy atom. The average molecular weight is 335 g/mol. The fraction of sp³-hybridized carbons (Fsp3) is 0.652. The van der Waals surface area contributed by atoms with Gasteiger partial charge in [-0.1, -0.05) is 51.5 Å². The van der Waals surface area contributed by atoms with Crippen molar-refractivity contribution in [3.63, 3.8) is 0 Å². The van der Waals surface area contributed by atoms with Crippen LogP contribution in [0.2, 0.25) is 0 Å². The normalized spacial score (nSPS) is 29.6. The molecule has 2 unspecified atom stereocenters. The Morgan fingerprint density at radius 2 is 1.68 bits per heavy atom. The molecule has 1 aromatic rings. The van der Waals surface area contributed by atoms with Gasteiger partial charge in [-0.15, -0.1) is 0 Å². The molecule has 1 aromatic carbocycles. The highest BCUT2D eigenvalue weighted by atomic mass is 14.4. The van der Waals surface area contributed by atoms with Crippen LogP contribution in [-0.2, 0) is 0 Å². The molecule has 2 fully saturated rings. The zero-order valence-electron chi connectivity index (χ0n) is 15.5. The highest BCUT2D eigenvalue weighted by Gasteiger charge is 2.32. The smallest absolute Gasteiger partial charge is 0.101 e. The summed E-state index contributed by atoms with van der Waals surface area (Å²) in [5.41, 5.74) is 2.33. The Hall–Kier alpha value is -1.80. The van der Waals surface area contributed by atoms with Crippen LogP contribution < -0.4 is 0 Å². The van der Waals surface area contributed by atoms with E-state index in [1.807, 2.05) is 12.1 Å². The van der Waals surface area contributed by atoms with Crippen molar-refractivity contribution in [1.82, 2.24) is 0 Å². The molecule has 0 spiro atoms. The van der Waals surface area contributed by atoms with Crippen molar-refractivity contribution in [3.8, 4) is 12.1 Å². The number of rotatable bonds is 4. The second-order valence-electron chi connectivity index (χ2n) is 8.22. The highest BCUT2D eigenvalue weighted by molar-refractivity contribution is 5.48. The summed E-state index contributed by atoms with van der Waals surface area (Å²) in [6, 6.07) is 10.2. The van der Waals surface area contributed by atoms with E-state index in [1.165, 1.54) is 69.8 Å². The molecule has 2 heteroatoms. The summed E-state index contributed by atoms with van der Waals surface area (Å²) in [5, 5.41) is 18.4. The summed E-state index contributed by atoms with van der Waals surface area (Å²) in [4.78, 5) is 0. The molecule has 0 amide bonds. The summed E-state index contributed by atoms with van der Waals surface area (Å²) in [6.45, 7) is 2.31. The highest BCUT2D eigenvalue weighted by Crippen LogP contribution is 2.45. The zero-order valence-corrected chi connectivity index (χ0v) is 15.5. The largest absolute Gasteiger partial charge is 0.192 e. The van der Waals surface area contributed by atoms with Crippen LogP contribution >= 0.6 is 0 Å². The van der Waals surface area contributed by atoms with Crippen LogP contribution in [-0.4, -0.2) is 0 Å². The number of hydrogen-bond donors (Lipinski definition) is 0. The van der Waals surface area contributed by atoms with E-state index in [2.05, 4.69) is 25.1 Å². The molecule has 2 aliphatic rings. The number of hydrogen-bond acceptors (Lipinski definition) is 2. The van der Waals surface area contributed by atoms with E-state index in [9.17, 15) is 5.26 Å². The first-order valence-corrected chi connectivity index (χ1v) is 10.2. The third-order valence-electron chi connectivity index (χ3n) is 6.73. The minimum Gasteiger partial charge on any atom is -0.192 e. The second kappa shape index (κ2) is 8.53. The summed E-state index contributed by atoms with van der Waals surface area (Å²) < 4.78 is 0. The van der Waals surface area contributed by atoms with Gasteiger partial charge in [0.25, 0.3) is 0 Å². The van der Waals surface area contributed by atoms with E-state index in [1.54, 1.807) is 0 Å². The number of benzene rings is 1. The molecule has 2 aliphatic carbocycles. The molecule has 0 aromatic heterocycles. The molecule has 0 heterocycles. The Labute approximate surface area is 152 Å². The van der Waals surface area contributed by atoms with Gasteiger partial charge in [-0.25, -0.2) is 0 Å². The molecule has 0 saturated heterocycles. The minimum atomic E-state index is 0.507. The van der Waals surface area contributed by atoms with Crippen molar-refractivity contribution in [2.45, 2.75) is 77.0 Å². The van der Waals surface area contributed by atoms with Crippen LogP contribution in [0.4, 0.5) is 0 Å². The van der Waals surface area contributed by atoms with Gasteiger partial charge in [-0.05, 0) is 67.1 Å². The third kappa shape index (κ3) is 4.24. The first-order chi connectivity index (χ1) is 12.2. The van der Waals surface area contributed by atoms with E-state index >= 15 is 0 Å². The van der Waals surface area contributed by atoms with Gasteiger partial charge in [-0.2, -0.15) is 10.5 Å². The van der Waals surface area contributed by atoms with Gasteiger partial charge in [0.2, 0.25) is 0 Å². The molecule has 0 radical (unpaired) electrons. The molecule has 0 bridgehead atoms. The van der Waals surface area contributed by atoms with Crippen molar-refractivity contribution in [2.24, 2.45) is 17.8 Å². The minimum absolute atomic E-state index is 0.507. The lowest BCUT2D eigenvalue weighted by molar-refractivity contribution is 0.154. The van der Waals surface area contributed by atoms with Crippen LogP contribution in [0, 0.1) is 40.4 Å². The lowest BCUT2D eigenvalue weighted by Gasteiger charge is -2.38. The zero-order chi connectivity index (χ0) is 17.6. The monoisotopic (exact) mass is 334 g/mol. The maximum Gasteiger partial charge on any atom is 0.101 e. The Kier molecular flexibility index (Phi) is 6.14. The topological polar surface area (TPSA) is 47.6 Å². The van der Waals surface area contributed by atoms with Crippen molar-refractivity contribution in [3.05, 3.63) is 34.9 Å². The van der Waals surface area contributed by atoms with Crippen molar-refractivity contribution in [1.29, 1.82) is 10.5 Å². The molecule has 3 rings (SSSR count). The van der Waals surface area contributed by atoms with Gasteiger partial charge >= 0.3 is 0 Å². The predicted molar refractivity (Wildman–Crippen MR) is 101 cm³/mol. The molecule has 0 aliphatic heterocycles. The van der Waals surface area contributed by atoms with Gasteiger partial charge in [-0.3, -0.25) is 0 Å². The molecule has 2 nitrogen and oxygen atoms in total. The summed E-state index contributed by atoms with van der Waals surface area (Å²) in [7, 11) is 0. The van der Waals surface area contributed by atoms with E-state index < -0.39 is 0 Å². The third-order valence-corrected chi connectivity index (χ3v) is 6.73. The summed E-state index contributed by atoms with van der Waals surface area (Å²) in [6.07, 6.45) is 13.7. The lowest BCUT2D eigenvalue weighted by atomic mass is 9.67. The Balaban J connectivity index is 1.64. The Morgan fingerprint density at radius 1 is 0.920 bits per heavy atom. The Bertz CT molecular complexity index is 656. The van der Waals surface area contributed by atoms with Crippen LogP contribution in [0.25, 0.3) is 0 Å². The van der Waals surface area contributed by atoms with Crippen molar-refractivity contribution < 1.29 is 0 Å².